The SMILES string of the molecule is NCCCCC(NC(=O)Nc1cccc(-c2nc3ccccc3o2)c1)C(=O)O. The second kappa shape index (κ2) is 9.01. The fourth-order valence-electron chi connectivity index (χ4n) is 2.80. The Bertz CT molecular complexity index is 937. The molecule has 0 aliphatic heterocycles. The molecule has 1 atom stereocenters. The standard InChI is InChI=1S/C20H22N4O4/c21-11-4-3-9-16(19(25)26)24-20(27)22-14-7-5-6-13(12-14)18-23-15-8-1-2-10-17(15)28-18/h1-2,5-8,10,12,16H,3-4,9,11,21H2,(H,25,26)(H2,22,24,27). The maximum atomic E-state index is 12.2. The lowest BCUT2D eigenvalue weighted by atomic mass is 10.1. The lowest BCUT2D eigenvalue weighted by molar-refractivity contribution is -0.139. The number of anilines is 1. The predicted molar refractivity (Wildman–Crippen MR) is 106 cm³/mol. The van der Waals surface area contributed by atoms with Crippen LogP contribution in [0.15, 0.2) is 52.9 Å². The molecule has 0 aliphatic rings. The lowest BCUT2D eigenvalue weighted by Crippen LogP contribution is -2.43. The fraction of sp³-hybridized carbons (Fsp3) is 0.250. The number of carboxylic acid groups (broad SMARTS) is 1. The third-order valence-electron chi connectivity index (χ3n) is 4.21. The maximum absolute atomic E-state index is 12.2. The zero-order valence-electron chi connectivity index (χ0n) is 15.2. The molecule has 1 heterocycles. The smallest absolute Gasteiger partial charge is 0.326 e. The molecule has 146 valence electrons. The molecule has 5 N–H and O–H groups in total. The number of nitrogens with two attached hydrogens (primary N) is 1. The topological polar surface area (TPSA) is 130 Å². The van der Waals surface area contributed by atoms with Crippen LogP contribution < -0.4 is 16.4 Å². The van der Waals surface area contributed by atoms with Crippen molar-refractivity contribution >= 4 is 28.8 Å². The first-order valence-electron chi connectivity index (χ1n) is 9.03. The normalized spacial score (nSPS) is 11.9. The van der Waals surface area contributed by atoms with Gasteiger partial charge in [0.05, 0.1) is 0 Å². The Labute approximate surface area is 161 Å². The number of urea groups is 1. The van der Waals surface area contributed by atoms with Gasteiger partial charge in [0, 0.05) is 11.3 Å². The first-order chi connectivity index (χ1) is 13.6. The number of nitrogens with one attached hydrogen (secondary N) is 2. The lowest BCUT2D eigenvalue weighted by Gasteiger charge is -2.15. The Kier molecular flexibility index (Phi) is 6.23. The van der Waals surface area contributed by atoms with Crippen LogP contribution in [0.5, 0.6) is 0 Å². The van der Waals surface area contributed by atoms with Crippen LogP contribution in [0.1, 0.15) is 19.3 Å². The molecular formula is C20H22N4O4. The van der Waals surface area contributed by atoms with Gasteiger partial charge in [-0.05, 0) is 56.1 Å². The van der Waals surface area contributed by atoms with Crippen LogP contribution in [0.3, 0.4) is 0 Å². The minimum atomic E-state index is -1.08. The van der Waals surface area contributed by atoms with Gasteiger partial charge in [0.2, 0.25) is 5.89 Å². The summed E-state index contributed by atoms with van der Waals surface area (Å²) < 4.78 is 5.74. The van der Waals surface area contributed by atoms with E-state index in [0.717, 1.165) is 5.52 Å². The van der Waals surface area contributed by atoms with Gasteiger partial charge in [0.25, 0.3) is 0 Å². The van der Waals surface area contributed by atoms with Gasteiger partial charge in [-0.15, -0.1) is 0 Å². The Morgan fingerprint density at radius 2 is 1.96 bits per heavy atom. The van der Waals surface area contributed by atoms with E-state index in [1.54, 1.807) is 18.2 Å². The highest BCUT2D eigenvalue weighted by atomic mass is 16.4. The summed E-state index contributed by atoms with van der Waals surface area (Å²) in [5, 5.41) is 14.4. The molecule has 1 unspecified atom stereocenters. The van der Waals surface area contributed by atoms with E-state index in [0.29, 0.717) is 48.5 Å². The van der Waals surface area contributed by atoms with Crippen molar-refractivity contribution in [3.63, 3.8) is 0 Å². The number of rotatable bonds is 8. The molecule has 0 radical (unpaired) electrons. The number of para-hydroxylation sites is 2. The summed E-state index contributed by atoms with van der Waals surface area (Å²) in [6.07, 6.45) is 1.66. The molecule has 8 heteroatoms. The van der Waals surface area contributed by atoms with Crippen LogP contribution in [0.25, 0.3) is 22.6 Å². The number of carboxylic acids is 1. The van der Waals surface area contributed by atoms with Gasteiger partial charge >= 0.3 is 12.0 Å². The summed E-state index contributed by atoms with van der Waals surface area (Å²) >= 11 is 0. The number of aromatic nitrogens is 1. The second-order valence-electron chi connectivity index (χ2n) is 6.34. The quantitative estimate of drug-likeness (QED) is 0.443. The van der Waals surface area contributed by atoms with E-state index >= 15 is 0 Å². The molecule has 2 amide bonds. The van der Waals surface area contributed by atoms with Crippen LogP contribution in [-0.4, -0.2) is 34.7 Å². The summed E-state index contributed by atoms with van der Waals surface area (Å²) in [6, 6.07) is 12.9. The zero-order chi connectivity index (χ0) is 19.9. The number of oxazole rings is 1. The Balaban J connectivity index is 1.68. The number of carbonyl (C=O) groups is 2. The van der Waals surface area contributed by atoms with Gasteiger partial charge in [0.1, 0.15) is 11.6 Å². The number of hydrogen-bond acceptors (Lipinski definition) is 5. The number of aliphatic carboxylic acids is 1. The Morgan fingerprint density at radius 1 is 1.14 bits per heavy atom. The van der Waals surface area contributed by atoms with E-state index < -0.39 is 18.0 Å². The first-order valence-corrected chi connectivity index (χ1v) is 9.03. The molecule has 0 bridgehead atoms. The van der Waals surface area contributed by atoms with Gasteiger partial charge in [-0.3, -0.25) is 0 Å². The van der Waals surface area contributed by atoms with E-state index in [2.05, 4.69) is 15.6 Å². The van der Waals surface area contributed by atoms with Crippen molar-refractivity contribution in [2.45, 2.75) is 25.3 Å². The molecule has 1 aromatic heterocycles. The molecule has 3 rings (SSSR count). The van der Waals surface area contributed by atoms with Gasteiger partial charge in [0.15, 0.2) is 5.58 Å². The van der Waals surface area contributed by atoms with Crippen LogP contribution in [0.4, 0.5) is 10.5 Å². The number of nitrogens with zero attached hydrogens (tertiary/aromatic N) is 1. The van der Waals surface area contributed by atoms with Crippen LogP contribution in [-0.2, 0) is 4.79 Å². The summed E-state index contributed by atoms with van der Waals surface area (Å²) in [7, 11) is 0. The van der Waals surface area contributed by atoms with Crippen molar-refractivity contribution < 1.29 is 19.1 Å². The molecule has 0 spiro atoms. The third kappa shape index (κ3) is 4.86. The third-order valence-corrected chi connectivity index (χ3v) is 4.21. The van der Waals surface area contributed by atoms with E-state index in [-0.39, 0.29) is 0 Å². The highest BCUT2D eigenvalue weighted by Crippen LogP contribution is 2.26. The number of fused-ring (bicyclic) bond motifs is 1. The molecule has 2 aromatic carbocycles. The predicted octanol–water partition coefficient (Wildman–Crippen LogP) is 3.20. The van der Waals surface area contributed by atoms with E-state index in [4.69, 9.17) is 10.2 Å². The van der Waals surface area contributed by atoms with Crippen molar-refractivity contribution in [1.82, 2.24) is 10.3 Å². The highest BCUT2D eigenvalue weighted by Gasteiger charge is 2.19. The molecule has 0 saturated carbocycles. The van der Waals surface area contributed by atoms with Gasteiger partial charge < -0.3 is 25.9 Å². The zero-order valence-corrected chi connectivity index (χ0v) is 15.2. The van der Waals surface area contributed by atoms with Crippen molar-refractivity contribution in [3.8, 4) is 11.5 Å². The molecule has 28 heavy (non-hydrogen) atoms. The minimum Gasteiger partial charge on any atom is -0.480 e. The molecule has 0 fully saturated rings. The highest BCUT2D eigenvalue weighted by molar-refractivity contribution is 5.92. The van der Waals surface area contributed by atoms with Gasteiger partial charge in [-0.2, -0.15) is 0 Å². The largest absolute Gasteiger partial charge is 0.480 e. The van der Waals surface area contributed by atoms with Gasteiger partial charge in [-0.25, -0.2) is 14.6 Å². The van der Waals surface area contributed by atoms with Crippen LogP contribution in [0, 0.1) is 0 Å². The number of benzene rings is 2. The van der Waals surface area contributed by atoms with Gasteiger partial charge in [-0.1, -0.05) is 18.2 Å². The fourth-order valence-corrected chi connectivity index (χ4v) is 2.80. The summed E-state index contributed by atoms with van der Waals surface area (Å²) in [5.41, 5.74) is 8.05. The minimum absolute atomic E-state index is 0.322. The average Bonchev–Trinajstić information content (AvgIpc) is 3.12. The Hall–Kier alpha value is -3.39. The average molecular weight is 382 g/mol. The monoisotopic (exact) mass is 382 g/mol. The van der Waals surface area contributed by atoms with Crippen LogP contribution >= 0.6 is 0 Å². The van der Waals surface area contributed by atoms with Crippen molar-refractivity contribution in [1.29, 1.82) is 0 Å². The Morgan fingerprint density at radius 3 is 2.71 bits per heavy atom. The second-order valence-corrected chi connectivity index (χ2v) is 6.34. The molecule has 0 aliphatic carbocycles. The summed E-state index contributed by atoms with van der Waals surface area (Å²) in [4.78, 5) is 27.9. The van der Waals surface area contributed by atoms with Crippen molar-refractivity contribution in [2.75, 3.05) is 11.9 Å². The van der Waals surface area contributed by atoms with Crippen molar-refractivity contribution in [2.24, 2.45) is 5.73 Å². The molecule has 0 saturated heterocycles. The maximum Gasteiger partial charge on any atom is 0.326 e. The number of carbonyl (C=O) groups excluding carboxylic acids is 1. The number of unbranched alkanes of at least 4 members (excludes halogenated alkanes) is 1. The molecule has 3 aromatic rings. The van der Waals surface area contributed by atoms with E-state index in [9.17, 15) is 14.7 Å². The van der Waals surface area contributed by atoms with Crippen LogP contribution in [0.2, 0.25) is 0 Å². The molecular weight excluding hydrogens is 360 g/mol. The summed E-state index contributed by atoms with van der Waals surface area (Å²) in [6.45, 7) is 0.487. The van der Waals surface area contributed by atoms with E-state index in [1.165, 1.54) is 0 Å². The number of hydrogen-bond donors (Lipinski definition) is 4. The first kappa shape index (κ1) is 19.4. The van der Waals surface area contributed by atoms with E-state index in [1.807, 2.05) is 30.3 Å². The molecule has 8 nitrogen and oxygen atoms in total. The summed E-state index contributed by atoms with van der Waals surface area (Å²) in [5.74, 6) is -0.636. The van der Waals surface area contributed by atoms with Crippen molar-refractivity contribution in [3.05, 3.63) is 48.5 Å². The number of amides is 2.